The summed E-state index contributed by atoms with van der Waals surface area (Å²) in [5.74, 6) is 0.676. The molecule has 2 N–H and O–H groups in total. The van der Waals surface area contributed by atoms with E-state index in [4.69, 9.17) is 10.5 Å². The molecule has 0 amide bonds. The van der Waals surface area contributed by atoms with Crippen molar-refractivity contribution in [3.63, 3.8) is 0 Å². The second-order valence-corrected chi connectivity index (χ2v) is 2.47. The summed E-state index contributed by atoms with van der Waals surface area (Å²) < 4.78 is 5.04. The number of anilines is 1. The first-order valence-electron chi connectivity index (χ1n) is 3.43. The lowest BCUT2D eigenvalue weighted by Gasteiger charge is -2.07. The lowest BCUT2D eigenvalue weighted by Crippen LogP contribution is -1.98. The van der Waals surface area contributed by atoms with Gasteiger partial charge < -0.3 is 10.5 Å². The molecule has 1 heterocycles. The molecule has 0 aliphatic heterocycles. The second kappa shape index (κ2) is 2.78. The average Bonchev–Trinajstić information content (AvgIpc) is 1.85. The highest BCUT2D eigenvalue weighted by Crippen LogP contribution is 2.23. The summed E-state index contributed by atoms with van der Waals surface area (Å²) >= 11 is 0. The Morgan fingerprint density at radius 3 is 2.55 bits per heavy atom. The van der Waals surface area contributed by atoms with Crippen LogP contribution in [0.1, 0.15) is 11.4 Å². The predicted molar refractivity (Wildman–Crippen MR) is 44.7 cm³/mol. The molecule has 0 aliphatic carbocycles. The van der Waals surface area contributed by atoms with Crippen LogP contribution < -0.4 is 10.5 Å². The van der Waals surface area contributed by atoms with Gasteiger partial charge in [0.15, 0.2) is 5.75 Å². The summed E-state index contributed by atoms with van der Waals surface area (Å²) in [5.41, 5.74) is 8.07. The van der Waals surface area contributed by atoms with Crippen LogP contribution in [0.5, 0.6) is 5.75 Å². The predicted octanol–water partition coefficient (Wildman–Crippen LogP) is 1.29. The fourth-order valence-electron chi connectivity index (χ4n) is 1.11. The number of pyridine rings is 1. The van der Waals surface area contributed by atoms with Crippen LogP contribution >= 0.6 is 0 Å². The number of nitrogens with zero attached hydrogens (tertiary/aromatic N) is 1. The summed E-state index contributed by atoms with van der Waals surface area (Å²) in [5, 5.41) is 0. The molecule has 1 aromatic heterocycles. The van der Waals surface area contributed by atoms with E-state index in [0.29, 0.717) is 11.4 Å². The van der Waals surface area contributed by atoms with Crippen molar-refractivity contribution in [1.29, 1.82) is 0 Å². The summed E-state index contributed by atoms with van der Waals surface area (Å²) in [6.45, 7) is 3.78. The average molecular weight is 152 g/mol. The van der Waals surface area contributed by atoms with Crippen molar-refractivity contribution < 1.29 is 4.74 Å². The molecule has 0 saturated carbocycles. The van der Waals surface area contributed by atoms with Crippen molar-refractivity contribution in [2.75, 3.05) is 12.8 Å². The summed E-state index contributed by atoms with van der Waals surface area (Å²) in [6.07, 6.45) is 0. The van der Waals surface area contributed by atoms with Crippen LogP contribution in [-0.2, 0) is 0 Å². The van der Waals surface area contributed by atoms with E-state index in [1.807, 2.05) is 13.8 Å². The van der Waals surface area contributed by atoms with E-state index in [0.717, 1.165) is 11.4 Å². The molecule has 0 fully saturated rings. The van der Waals surface area contributed by atoms with E-state index < -0.39 is 0 Å². The van der Waals surface area contributed by atoms with E-state index in [-0.39, 0.29) is 0 Å². The largest absolute Gasteiger partial charge is 0.493 e. The first-order chi connectivity index (χ1) is 5.15. The van der Waals surface area contributed by atoms with E-state index in [1.54, 1.807) is 13.2 Å². The Labute approximate surface area is 66.2 Å². The van der Waals surface area contributed by atoms with Gasteiger partial charge in [-0.25, -0.2) is 0 Å². The van der Waals surface area contributed by atoms with Gasteiger partial charge in [0.1, 0.15) is 0 Å². The molecule has 1 rings (SSSR count). The summed E-state index contributed by atoms with van der Waals surface area (Å²) in [7, 11) is 1.59. The molecule has 0 saturated heterocycles. The number of methoxy groups -OCH3 is 1. The third-order valence-electron chi connectivity index (χ3n) is 1.50. The maximum Gasteiger partial charge on any atom is 0.162 e. The highest BCUT2D eigenvalue weighted by molar-refractivity contribution is 5.55. The number of aromatic nitrogens is 1. The van der Waals surface area contributed by atoms with Gasteiger partial charge in [0.05, 0.1) is 18.5 Å². The Kier molecular flexibility index (Phi) is 1.98. The van der Waals surface area contributed by atoms with Crippen molar-refractivity contribution in [3.05, 3.63) is 17.5 Å². The molecule has 1 aromatic rings. The minimum absolute atomic E-state index is 0.650. The third-order valence-corrected chi connectivity index (χ3v) is 1.50. The maximum atomic E-state index is 5.67. The van der Waals surface area contributed by atoms with Crippen molar-refractivity contribution in [2.24, 2.45) is 0 Å². The minimum Gasteiger partial charge on any atom is -0.493 e. The highest BCUT2D eigenvalue weighted by atomic mass is 16.5. The number of hydrogen-bond donors (Lipinski definition) is 1. The van der Waals surface area contributed by atoms with Gasteiger partial charge in [-0.2, -0.15) is 0 Å². The van der Waals surface area contributed by atoms with Crippen molar-refractivity contribution in [2.45, 2.75) is 13.8 Å². The molecule has 3 nitrogen and oxygen atoms in total. The van der Waals surface area contributed by atoms with Gasteiger partial charge in [-0.15, -0.1) is 0 Å². The van der Waals surface area contributed by atoms with Crippen LogP contribution in [0, 0.1) is 13.8 Å². The molecule has 0 unspecified atom stereocenters. The molecule has 11 heavy (non-hydrogen) atoms. The first-order valence-corrected chi connectivity index (χ1v) is 3.43. The number of ether oxygens (including phenoxy) is 1. The Bertz CT molecular complexity index is 248. The molecule has 60 valence electrons. The van der Waals surface area contributed by atoms with Crippen molar-refractivity contribution in [1.82, 2.24) is 4.98 Å². The molecule has 0 aliphatic rings. The highest BCUT2D eigenvalue weighted by Gasteiger charge is 2.04. The first kappa shape index (κ1) is 7.85. The van der Waals surface area contributed by atoms with Crippen molar-refractivity contribution >= 4 is 5.69 Å². The van der Waals surface area contributed by atoms with Gasteiger partial charge >= 0.3 is 0 Å². The number of rotatable bonds is 1. The molecule has 3 heteroatoms. The van der Waals surface area contributed by atoms with Gasteiger partial charge in [0.2, 0.25) is 0 Å². The van der Waals surface area contributed by atoms with E-state index in [2.05, 4.69) is 4.98 Å². The molecule has 0 spiro atoms. The monoisotopic (exact) mass is 152 g/mol. The smallest absolute Gasteiger partial charge is 0.162 e. The fraction of sp³-hybridized carbons (Fsp3) is 0.375. The Morgan fingerprint density at radius 1 is 1.45 bits per heavy atom. The van der Waals surface area contributed by atoms with Crippen LogP contribution in [0.25, 0.3) is 0 Å². The lowest BCUT2D eigenvalue weighted by atomic mass is 10.2. The van der Waals surface area contributed by atoms with Crippen LogP contribution in [0.2, 0.25) is 0 Å². The number of nitrogen functional groups attached to an aromatic ring is 1. The van der Waals surface area contributed by atoms with Crippen LogP contribution in [-0.4, -0.2) is 12.1 Å². The van der Waals surface area contributed by atoms with Gasteiger partial charge in [0.25, 0.3) is 0 Å². The fourth-order valence-corrected chi connectivity index (χ4v) is 1.11. The SMILES string of the molecule is COc1c(N)cc(C)nc1C. The maximum absolute atomic E-state index is 5.67. The van der Waals surface area contributed by atoms with E-state index in [1.165, 1.54) is 0 Å². The third kappa shape index (κ3) is 1.42. The van der Waals surface area contributed by atoms with Crippen LogP contribution in [0.4, 0.5) is 5.69 Å². The van der Waals surface area contributed by atoms with E-state index in [9.17, 15) is 0 Å². The molecular formula is C8H12N2O. The van der Waals surface area contributed by atoms with Gasteiger partial charge in [0, 0.05) is 5.69 Å². The zero-order valence-corrected chi connectivity index (χ0v) is 7.01. The van der Waals surface area contributed by atoms with Gasteiger partial charge in [-0.05, 0) is 19.9 Å². The normalized spacial score (nSPS) is 9.73. The van der Waals surface area contributed by atoms with Crippen molar-refractivity contribution in [3.8, 4) is 5.75 Å². The Balaban J connectivity index is 3.25. The zero-order valence-electron chi connectivity index (χ0n) is 7.01. The van der Waals surface area contributed by atoms with Crippen LogP contribution in [0.15, 0.2) is 6.07 Å². The molecule has 0 aromatic carbocycles. The summed E-state index contributed by atoms with van der Waals surface area (Å²) in [6, 6.07) is 1.80. The van der Waals surface area contributed by atoms with Gasteiger partial charge in [-0.3, -0.25) is 4.98 Å². The topological polar surface area (TPSA) is 48.1 Å². The Morgan fingerprint density at radius 2 is 2.09 bits per heavy atom. The van der Waals surface area contributed by atoms with Gasteiger partial charge in [-0.1, -0.05) is 0 Å². The molecule has 0 radical (unpaired) electrons. The molecule has 0 bridgehead atoms. The zero-order chi connectivity index (χ0) is 8.43. The lowest BCUT2D eigenvalue weighted by molar-refractivity contribution is 0.411. The molecule has 0 atom stereocenters. The number of aryl methyl sites for hydroxylation is 2. The second-order valence-electron chi connectivity index (χ2n) is 2.47. The summed E-state index contributed by atoms with van der Waals surface area (Å²) in [4.78, 5) is 4.20. The molecular weight excluding hydrogens is 140 g/mol. The van der Waals surface area contributed by atoms with E-state index >= 15 is 0 Å². The number of nitrogens with two attached hydrogens (primary N) is 1. The number of hydrogen-bond acceptors (Lipinski definition) is 3. The minimum atomic E-state index is 0.650. The quantitative estimate of drug-likeness (QED) is 0.659. The standard InChI is InChI=1S/C8H12N2O/c1-5-4-7(9)8(11-3)6(2)10-5/h4H,1-3H3,(H2,9,10). The van der Waals surface area contributed by atoms with Crippen LogP contribution in [0.3, 0.4) is 0 Å². The Hall–Kier alpha value is -1.25.